The summed E-state index contributed by atoms with van der Waals surface area (Å²) < 4.78 is 0. The fourth-order valence-corrected chi connectivity index (χ4v) is 0.831. The first-order valence-electron chi connectivity index (χ1n) is 4.26. The summed E-state index contributed by atoms with van der Waals surface area (Å²) in [4.78, 5) is 14.5. The third kappa shape index (κ3) is 6.24. The second kappa shape index (κ2) is 6.56. The Morgan fingerprint density at radius 3 is 2.69 bits per heavy atom. The lowest BCUT2D eigenvalue weighted by molar-refractivity contribution is -0.138. The van der Waals surface area contributed by atoms with Crippen LogP contribution in [-0.2, 0) is 4.79 Å². The molecule has 5 heteroatoms. The summed E-state index contributed by atoms with van der Waals surface area (Å²) in [5.74, 6) is -0.992. The minimum absolute atomic E-state index is 0.305. The Hall–Kier alpha value is -0.940. The van der Waals surface area contributed by atoms with Crippen molar-refractivity contribution < 1.29 is 9.90 Å². The van der Waals surface area contributed by atoms with Gasteiger partial charge < -0.3 is 16.6 Å². The third-order valence-corrected chi connectivity index (χ3v) is 1.58. The number of aliphatic imine (C=N–C) groups is 1. The molecule has 0 saturated carbocycles. The number of hydrogen-bond donors (Lipinski definition) is 3. The number of rotatable bonds is 6. The van der Waals surface area contributed by atoms with Crippen LogP contribution in [0, 0.1) is 0 Å². The first kappa shape index (κ1) is 12.1. The summed E-state index contributed by atoms with van der Waals surface area (Å²) in [7, 11) is 0. The van der Waals surface area contributed by atoms with E-state index in [0.29, 0.717) is 19.5 Å². The second-order valence-corrected chi connectivity index (χ2v) is 2.91. The first-order valence-corrected chi connectivity index (χ1v) is 4.26. The second-order valence-electron chi connectivity index (χ2n) is 2.91. The quantitative estimate of drug-likeness (QED) is 0.389. The lowest BCUT2D eigenvalue weighted by atomic mass is 10.1. The van der Waals surface area contributed by atoms with Gasteiger partial charge in [0.15, 0.2) is 0 Å². The average Bonchev–Trinajstić information content (AvgIpc) is 2.04. The number of carbonyl (C=O) groups is 1. The highest BCUT2D eigenvalue weighted by Gasteiger charge is 2.11. The maximum atomic E-state index is 10.4. The van der Waals surface area contributed by atoms with Crippen molar-refractivity contribution in [3.8, 4) is 0 Å². The summed E-state index contributed by atoms with van der Waals surface area (Å²) in [6.07, 6.45) is 1.12. The van der Waals surface area contributed by atoms with E-state index in [1.165, 1.54) is 0 Å². The zero-order valence-corrected chi connectivity index (χ0v) is 7.86. The molecule has 0 fully saturated rings. The van der Waals surface area contributed by atoms with Crippen LogP contribution in [0.2, 0.25) is 0 Å². The van der Waals surface area contributed by atoms with Gasteiger partial charge in [-0.1, -0.05) is 0 Å². The van der Waals surface area contributed by atoms with Gasteiger partial charge in [-0.3, -0.25) is 9.79 Å². The summed E-state index contributed by atoms with van der Waals surface area (Å²) in [5, 5.41) is 8.50. The van der Waals surface area contributed by atoms with Crippen LogP contribution >= 0.6 is 0 Å². The van der Waals surface area contributed by atoms with E-state index in [0.717, 1.165) is 12.1 Å². The fraction of sp³-hybridized carbons (Fsp3) is 0.750. The molecule has 0 aromatic heterocycles. The van der Waals surface area contributed by atoms with Crippen LogP contribution in [-0.4, -0.2) is 35.9 Å². The maximum Gasteiger partial charge on any atom is 0.320 e. The summed E-state index contributed by atoms with van der Waals surface area (Å²) in [6, 6.07) is -0.846. The number of nitrogens with zero attached hydrogens (tertiary/aromatic N) is 1. The maximum absolute atomic E-state index is 10.4. The molecule has 1 atom stereocenters. The Labute approximate surface area is 77.8 Å². The van der Waals surface area contributed by atoms with Crippen molar-refractivity contribution in [1.82, 2.24) is 0 Å². The predicted octanol–water partition coefficient (Wildman–Crippen LogP) is -0.402. The van der Waals surface area contributed by atoms with Gasteiger partial charge in [0.05, 0.1) is 0 Å². The molecule has 0 unspecified atom stereocenters. The molecule has 5 N–H and O–H groups in total. The molecule has 0 aliphatic rings. The van der Waals surface area contributed by atoms with Crippen LogP contribution < -0.4 is 11.5 Å². The van der Waals surface area contributed by atoms with Crippen molar-refractivity contribution >= 4 is 11.7 Å². The normalized spacial score (nSPS) is 14.2. The minimum Gasteiger partial charge on any atom is -0.480 e. The summed E-state index contributed by atoms with van der Waals surface area (Å²) >= 11 is 0. The summed E-state index contributed by atoms with van der Waals surface area (Å²) in [5.41, 5.74) is 11.4. The van der Waals surface area contributed by atoms with Crippen molar-refractivity contribution in [2.45, 2.75) is 25.8 Å². The standard InChI is InChI=1S/C8H17N3O2/c1-6(11-4-2-3-9)5-7(10)8(12)13/h7H,2-5,9-10H2,1H3,(H,12,13)/t7-/m1/s1. The van der Waals surface area contributed by atoms with E-state index in [1.807, 2.05) is 0 Å². The zero-order chi connectivity index (χ0) is 10.3. The van der Waals surface area contributed by atoms with E-state index in [1.54, 1.807) is 6.92 Å². The van der Waals surface area contributed by atoms with Crippen molar-refractivity contribution in [1.29, 1.82) is 0 Å². The highest BCUT2D eigenvalue weighted by atomic mass is 16.4. The Bertz CT molecular complexity index is 192. The highest BCUT2D eigenvalue weighted by molar-refractivity contribution is 5.87. The minimum atomic E-state index is -0.992. The van der Waals surface area contributed by atoms with E-state index in [4.69, 9.17) is 16.6 Å². The van der Waals surface area contributed by atoms with Crippen LogP contribution in [0.4, 0.5) is 0 Å². The summed E-state index contributed by atoms with van der Waals surface area (Å²) in [6.45, 7) is 3.02. The van der Waals surface area contributed by atoms with E-state index < -0.39 is 12.0 Å². The smallest absolute Gasteiger partial charge is 0.320 e. The molecule has 0 spiro atoms. The Morgan fingerprint density at radius 2 is 2.23 bits per heavy atom. The van der Waals surface area contributed by atoms with E-state index in [9.17, 15) is 4.79 Å². The van der Waals surface area contributed by atoms with Gasteiger partial charge in [-0.2, -0.15) is 0 Å². The molecule has 13 heavy (non-hydrogen) atoms. The third-order valence-electron chi connectivity index (χ3n) is 1.58. The van der Waals surface area contributed by atoms with Crippen molar-refractivity contribution in [3.63, 3.8) is 0 Å². The van der Waals surface area contributed by atoms with Gasteiger partial charge >= 0.3 is 5.97 Å². The number of carboxylic acids is 1. The Kier molecular flexibility index (Phi) is 6.09. The monoisotopic (exact) mass is 187 g/mol. The molecular formula is C8H17N3O2. The average molecular weight is 187 g/mol. The number of nitrogens with two attached hydrogens (primary N) is 2. The topological polar surface area (TPSA) is 102 Å². The van der Waals surface area contributed by atoms with Crippen LogP contribution in [0.3, 0.4) is 0 Å². The fourth-order valence-electron chi connectivity index (χ4n) is 0.831. The van der Waals surface area contributed by atoms with Crippen molar-refractivity contribution in [2.75, 3.05) is 13.1 Å². The van der Waals surface area contributed by atoms with Gasteiger partial charge in [0, 0.05) is 18.7 Å². The molecule has 0 rings (SSSR count). The zero-order valence-electron chi connectivity index (χ0n) is 7.86. The molecule has 76 valence electrons. The number of aliphatic carboxylic acids is 1. The van der Waals surface area contributed by atoms with Gasteiger partial charge in [0.2, 0.25) is 0 Å². The van der Waals surface area contributed by atoms with E-state index >= 15 is 0 Å². The van der Waals surface area contributed by atoms with Gasteiger partial charge in [-0.05, 0) is 19.9 Å². The molecule has 0 aromatic rings. The SMILES string of the molecule is CC(C[C@@H](N)C(=O)O)=NCCCN. The molecule has 0 aromatic carbocycles. The molecule has 0 amide bonds. The highest BCUT2D eigenvalue weighted by Crippen LogP contribution is 1.93. The molecule has 0 heterocycles. The number of carboxylic acid groups (broad SMARTS) is 1. The largest absolute Gasteiger partial charge is 0.480 e. The predicted molar refractivity (Wildman–Crippen MR) is 51.9 cm³/mol. The van der Waals surface area contributed by atoms with Gasteiger partial charge in [0.1, 0.15) is 6.04 Å². The molecular weight excluding hydrogens is 170 g/mol. The van der Waals surface area contributed by atoms with Gasteiger partial charge in [0.25, 0.3) is 0 Å². The molecule has 0 saturated heterocycles. The molecule has 0 aliphatic heterocycles. The molecule has 5 nitrogen and oxygen atoms in total. The lowest BCUT2D eigenvalue weighted by Gasteiger charge is -2.05. The van der Waals surface area contributed by atoms with Crippen LogP contribution in [0.25, 0.3) is 0 Å². The van der Waals surface area contributed by atoms with Crippen molar-refractivity contribution in [2.24, 2.45) is 16.5 Å². The first-order chi connectivity index (χ1) is 6.07. The van der Waals surface area contributed by atoms with Crippen LogP contribution in [0.1, 0.15) is 19.8 Å². The van der Waals surface area contributed by atoms with Gasteiger partial charge in [-0.25, -0.2) is 0 Å². The van der Waals surface area contributed by atoms with Crippen molar-refractivity contribution in [3.05, 3.63) is 0 Å². The van der Waals surface area contributed by atoms with Crippen LogP contribution in [0.15, 0.2) is 4.99 Å². The van der Waals surface area contributed by atoms with E-state index in [-0.39, 0.29) is 0 Å². The van der Waals surface area contributed by atoms with E-state index in [2.05, 4.69) is 4.99 Å². The lowest BCUT2D eigenvalue weighted by Crippen LogP contribution is -2.32. The number of hydrogen-bond acceptors (Lipinski definition) is 4. The Balaban J connectivity index is 3.77. The molecule has 0 aliphatic carbocycles. The van der Waals surface area contributed by atoms with Gasteiger partial charge in [-0.15, -0.1) is 0 Å². The van der Waals surface area contributed by atoms with Crippen LogP contribution in [0.5, 0.6) is 0 Å². The Morgan fingerprint density at radius 1 is 1.62 bits per heavy atom. The molecule has 0 radical (unpaired) electrons. The molecule has 0 bridgehead atoms.